The maximum Gasteiger partial charge on any atom is 0.299 e. The number of hydrogen-bond acceptors (Lipinski definition) is 5. The fourth-order valence-corrected chi connectivity index (χ4v) is 4.00. The lowest BCUT2D eigenvalue weighted by Gasteiger charge is -2.35. The Morgan fingerprint density at radius 3 is 2.32 bits per heavy atom. The molecule has 28 heavy (non-hydrogen) atoms. The number of amides is 1. The van der Waals surface area contributed by atoms with Crippen LogP contribution in [-0.4, -0.2) is 60.8 Å². The number of rotatable bonds is 6. The molecule has 0 atom stereocenters. The van der Waals surface area contributed by atoms with Crippen molar-refractivity contribution in [3.8, 4) is 0 Å². The minimum absolute atomic E-state index is 0.389. The number of nitrogens with zero attached hydrogens (tertiary/aromatic N) is 3. The molecule has 2 aromatic rings. The average Bonchev–Trinajstić information content (AvgIpc) is 2.98. The lowest BCUT2D eigenvalue weighted by molar-refractivity contribution is -0.114. The van der Waals surface area contributed by atoms with E-state index in [9.17, 15) is 9.59 Å². The minimum atomic E-state index is -0.403. The maximum absolute atomic E-state index is 12.3. The largest absolute Gasteiger partial charge is 0.326 e. The molecule has 4 rings (SSSR count). The van der Waals surface area contributed by atoms with E-state index >= 15 is 0 Å². The van der Waals surface area contributed by atoms with Gasteiger partial charge in [0.2, 0.25) is 0 Å². The van der Waals surface area contributed by atoms with Gasteiger partial charge in [0.15, 0.2) is 0 Å². The van der Waals surface area contributed by atoms with Crippen molar-refractivity contribution in [3.63, 3.8) is 0 Å². The quantitative estimate of drug-likeness (QED) is 0.772. The lowest BCUT2D eigenvalue weighted by Crippen LogP contribution is -2.48. The standard InChI is InChI=1S/C22H26N4O2/c23-15-17-4-3-5-18(14-17)16-25-10-8-24(9-11-25)12-13-26-20-7-2-1-6-19(20)21(27)22(26)28/h1-7,14H,8-13,15-16,23H2. The molecule has 1 amide bonds. The molecule has 0 aliphatic carbocycles. The Balaban J connectivity index is 1.28. The number of carbonyl (C=O) groups excluding carboxylic acids is 2. The molecule has 6 heteroatoms. The van der Waals surface area contributed by atoms with Crippen LogP contribution in [0, 0.1) is 0 Å². The second-order valence-corrected chi connectivity index (χ2v) is 7.44. The molecule has 0 aromatic heterocycles. The van der Waals surface area contributed by atoms with E-state index in [2.05, 4.69) is 34.1 Å². The molecule has 1 fully saturated rings. The normalized spacial score (nSPS) is 18.0. The molecule has 6 nitrogen and oxygen atoms in total. The molecular formula is C22H26N4O2. The summed E-state index contributed by atoms with van der Waals surface area (Å²) in [4.78, 5) is 30.8. The van der Waals surface area contributed by atoms with E-state index in [0.29, 0.717) is 18.7 Å². The van der Waals surface area contributed by atoms with Gasteiger partial charge in [-0.15, -0.1) is 0 Å². The van der Waals surface area contributed by atoms with E-state index < -0.39 is 5.91 Å². The van der Waals surface area contributed by atoms with Crippen molar-refractivity contribution in [3.05, 3.63) is 65.2 Å². The SMILES string of the molecule is NCc1cccc(CN2CCN(CCN3C(=O)C(=O)c4ccccc43)CC2)c1. The van der Waals surface area contributed by atoms with Crippen LogP contribution in [0.25, 0.3) is 0 Å². The van der Waals surface area contributed by atoms with Crippen molar-refractivity contribution in [1.82, 2.24) is 9.80 Å². The van der Waals surface area contributed by atoms with Crippen molar-refractivity contribution in [2.24, 2.45) is 5.73 Å². The van der Waals surface area contributed by atoms with Crippen molar-refractivity contribution in [2.75, 3.05) is 44.2 Å². The monoisotopic (exact) mass is 378 g/mol. The first-order valence-electron chi connectivity index (χ1n) is 9.83. The van der Waals surface area contributed by atoms with Gasteiger partial charge in [-0.25, -0.2) is 0 Å². The second kappa shape index (κ2) is 8.22. The number of anilines is 1. The van der Waals surface area contributed by atoms with E-state index in [1.807, 2.05) is 12.1 Å². The molecule has 0 spiro atoms. The van der Waals surface area contributed by atoms with Gasteiger partial charge < -0.3 is 10.6 Å². The molecule has 2 heterocycles. The summed E-state index contributed by atoms with van der Waals surface area (Å²) in [5.74, 6) is -0.792. The molecule has 2 aromatic carbocycles. The number of para-hydroxylation sites is 1. The molecule has 0 unspecified atom stereocenters. The fourth-order valence-electron chi connectivity index (χ4n) is 4.00. The number of nitrogens with two attached hydrogens (primary N) is 1. The zero-order valence-electron chi connectivity index (χ0n) is 16.0. The predicted octanol–water partition coefficient (Wildman–Crippen LogP) is 1.49. The topological polar surface area (TPSA) is 69.9 Å². The van der Waals surface area contributed by atoms with Gasteiger partial charge >= 0.3 is 0 Å². The number of benzene rings is 2. The van der Waals surface area contributed by atoms with Crippen LogP contribution in [-0.2, 0) is 17.9 Å². The Morgan fingerprint density at radius 1 is 0.821 bits per heavy atom. The Morgan fingerprint density at radius 2 is 1.54 bits per heavy atom. The van der Waals surface area contributed by atoms with Crippen LogP contribution in [0.3, 0.4) is 0 Å². The smallest absolute Gasteiger partial charge is 0.299 e. The molecule has 2 aliphatic heterocycles. The number of carbonyl (C=O) groups is 2. The van der Waals surface area contributed by atoms with E-state index in [4.69, 9.17) is 5.73 Å². The summed E-state index contributed by atoms with van der Waals surface area (Å²) in [5, 5.41) is 0. The second-order valence-electron chi connectivity index (χ2n) is 7.44. The third-order valence-electron chi connectivity index (χ3n) is 5.62. The van der Waals surface area contributed by atoms with Gasteiger partial charge in [-0.1, -0.05) is 36.4 Å². The third-order valence-corrected chi connectivity index (χ3v) is 5.62. The van der Waals surface area contributed by atoms with Crippen LogP contribution in [0.5, 0.6) is 0 Å². The molecule has 2 N–H and O–H groups in total. The van der Waals surface area contributed by atoms with Crippen LogP contribution in [0.4, 0.5) is 5.69 Å². The van der Waals surface area contributed by atoms with Crippen LogP contribution >= 0.6 is 0 Å². The summed E-state index contributed by atoms with van der Waals surface area (Å²) in [6.45, 7) is 6.77. The number of fused-ring (bicyclic) bond motifs is 1. The van der Waals surface area contributed by atoms with Gasteiger partial charge in [-0.2, -0.15) is 0 Å². The van der Waals surface area contributed by atoms with Crippen molar-refractivity contribution < 1.29 is 9.59 Å². The first-order valence-corrected chi connectivity index (χ1v) is 9.83. The summed E-state index contributed by atoms with van der Waals surface area (Å²) in [6.07, 6.45) is 0. The molecule has 0 bridgehead atoms. The van der Waals surface area contributed by atoms with Crippen molar-refractivity contribution >= 4 is 17.4 Å². The van der Waals surface area contributed by atoms with Crippen LogP contribution in [0.2, 0.25) is 0 Å². The number of ketones is 1. The van der Waals surface area contributed by atoms with Crippen LogP contribution in [0.15, 0.2) is 48.5 Å². The van der Waals surface area contributed by atoms with E-state index in [-0.39, 0.29) is 5.78 Å². The Hall–Kier alpha value is -2.54. The van der Waals surface area contributed by atoms with Crippen LogP contribution in [0.1, 0.15) is 21.5 Å². The summed E-state index contributed by atoms with van der Waals surface area (Å²) in [7, 11) is 0. The first kappa shape index (κ1) is 18.8. The summed E-state index contributed by atoms with van der Waals surface area (Å²) in [5.41, 5.74) is 9.47. The highest BCUT2D eigenvalue weighted by atomic mass is 16.2. The summed E-state index contributed by atoms with van der Waals surface area (Å²) in [6, 6.07) is 15.7. The van der Waals surface area contributed by atoms with Gasteiger partial charge in [0, 0.05) is 52.4 Å². The summed E-state index contributed by atoms with van der Waals surface area (Å²) >= 11 is 0. The highest BCUT2D eigenvalue weighted by molar-refractivity contribution is 6.52. The lowest BCUT2D eigenvalue weighted by atomic mass is 10.1. The third kappa shape index (κ3) is 3.85. The molecule has 146 valence electrons. The van der Waals surface area contributed by atoms with E-state index in [0.717, 1.165) is 45.0 Å². The Labute approximate surface area is 165 Å². The number of hydrogen-bond donors (Lipinski definition) is 1. The molecule has 0 radical (unpaired) electrons. The highest BCUT2D eigenvalue weighted by Crippen LogP contribution is 2.28. The van der Waals surface area contributed by atoms with Crippen LogP contribution < -0.4 is 10.6 Å². The van der Waals surface area contributed by atoms with Gasteiger partial charge in [-0.3, -0.25) is 19.4 Å². The van der Waals surface area contributed by atoms with Crippen molar-refractivity contribution in [1.29, 1.82) is 0 Å². The Bertz CT molecular complexity index is 874. The zero-order chi connectivity index (χ0) is 19.5. The van der Waals surface area contributed by atoms with Crippen molar-refractivity contribution in [2.45, 2.75) is 13.1 Å². The number of Topliss-reactive ketones (excluding diaryl/α,β-unsaturated/α-hetero) is 1. The van der Waals surface area contributed by atoms with E-state index in [1.54, 1.807) is 17.0 Å². The predicted molar refractivity (Wildman–Crippen MR) is 109 cm³/mol. The maximum atomic E-state index is 12.3. The average molecular weight is 378 g/mol. The summed E-state index contributed by atoms with van der Waals surface area (Å²) < 4.78 is 0. The minimum Gasteiger partial charge on any atom is -0.326 e. The van der Waals surface area contributed by atoms with Gasteiger partial charge in [0.1, 0.15) is 0 Å². The molecular weight excluding hydrogens is 352 g/mol. The van der Waals surface area contributed by atoms with E-state index in [1.165, 1.54) is 11.1 Å². The molecule has 0 saturated carbocycles. The van der Waals surface area contributed by atoms with Gasteiger partial charge in [-0.05, 0) is 23.3 Å². The Kier molecular flexibility index (Phi) is 5.52. The van der Waals surface area contributed by atoms with Gasteiger partial charge in [0.25, 0.3) is 11.7 Å². The number of piperazine rings is 1. The first-order chi connectivity index (χ1) is 13.7. The molecule has 1 saturated heterocycles. The highest BCUT2D eigenvalue weighted by Gasteiger charge is 2.35. The van der Waals surface area contributed by atoms with Gasteiger partial charge in [0.05, 0.1) is 11.3 Å². The molecule has 2 aliphatic rings. The zero-order valence-corrected chi connectivity index (χ0v) is 16.0. The fraction of sp³-hybridized carbons (Fsp3) is 0.364.